The van der Waals surface area contributed by atoms with Gasteiger partial charge in [-0.25, -0.2) is 4.98 Å². The standard InChI is InChI=1S/C12H23N3O/c1-9(2)13-6-7-15(5)8-12-10(3)14-11(4)16-12/h9,13H,6-8H2,1-5H3. The Bertz CT molecular complexity index is 320. The molecule has 0 aliphatic heterocycles. The van der Waals surface area contributed by atoms with Gasteiger partial charge in [0.15, 0.2) is 5.89 Å². The lowest BCUT2D eigenvalue weighted by molar-refractivity contribution is 0.287. The molecule has 1 aromatic heterocycles. The van der Waals surface area contributed by atoms with Crippen molar-refractivity contribution < 1.29 is 4.42 Å². The third-order valence-corrected chi connectivity index (χ3v) is 2.46. The van der Waals surface area contributed by atoms with Crippen molar-refractivity contribution in [3.8, 4) is 0 Å². The minimum atomic E-state index is 0.544. The molecule has 1 rings (SSSR count). The van der Waals surface area contributed by atoms with Crippen LogP contribution in [0.4, 0.5) is 0 Å². The van der Waals surface area contributed by atoms with Crippen molar-refractivity contribution in [3.63, 3.8) is 0 Å². The summed E-state index contributed by atoms with van der Waals surface area (Å²) in [6.07, 6.45) is 0. The smallest absolute Gasteiger partial charge is 0.191 e. The van der Waals surface area contributed by atoms with E-state index in [2.05, 4.69) is 36.1 Å². The third-order valence-electron chi connectivity index (χ3n) is 2.46. The fraction of sp³-hybridized carbons (Fsp3) is 0.750. The van der Waals surface area contributed by atoms with Crippen molar-refractivity contribution in [2.24, 2.45) is 0 Å². The van der Waals surface area contributed by atoms with E-state index in [1.807, 2.05) is 13.8 Å². The molecule has 0 aromatic carbocycles. The Morgan fingerprint density at radius 1 is 1.38 bits per heavy atom. The first-order chi connectivity index (χ1) is 7.49. The molecule has 0 saturated carbocycles. The van der Waals surface area contributed by atoms with E-state index in [-0.39, 0.29) is 0 Å². The number of hydrogen-bond acceptors (Lipinski definition) is 4. The molecule has 1 aromatic rings. The Labute approximate surface area is 98.0 Å². The molecule has 0 amide bonds. The van der Waals surface area contributed by atoms with Crippen molar-refractivity contribution >= 4 is 0 Å². The Morgan fingerprint density at radius 2 is 2.06 bits per heavy atom. The SMILES string of the molecule is Cc1nc(C)c(CN(C)CCNC(C)C)o1. The van der Waals surface area contributed by atoms with Crippen LogP contribution in [0.2, 0.25) is 0 Å². The van der Waals surface area contributed by atoms with Gasteiger partial charge >= 0.3 is 0 Å². The van der Waals surface area contributed by atoms with Gasteiger partial charge in [-0.1, -0.05) is 13.8 Å². The number of aromatic nitrogens is 1. The molecular formula is C12H23N3O. The number of oxazole rings is 1. The number of nitrogens with zero attached hydrogens (tertiary/aromatic N) is 2. The molecule has 1 N–H and O–H groups in total. The second-order valence-corrected chi connectivity index (χ2v) is 4.59. The zero-order chi connectivity index (χ0) is 12.1. The van der Waals surface area contributed by atoms with E-state index in [1.54, 1.807) is 0 Å². The summed E-state index contributed by atoms with van der Waals surface area (Å²) < 4.78 is 5.54. The van der Waals surface area contributed by atoms with Gasteiger partial charge in [-0.05, 0) is 14.0 Å². The Kier molecular flexibility index (Phi) is 4.96. The fourth-order valence-corrected chi connectivity index (χ4v) is 1.59. The Hall–Kier alpha value is -0.870. The second kappa shape index (κ2) is 6.01. The molecule has 0 bridgehead atoms. The molecule has 0 aliphatic rings. The minimum Gasteiger partial charge on any atom is -0.444 e. The highest BCUT2D eigenvalue weighted by Gasteiger charge is 2.09. The van der Waals surface area contributed by atoms with Crippen LogP contribution in [-0.4, -0.2) is 36.1 Å². The molecule has 0 fully saturated rings. The van der Waals surface area contributed by atoms with Gasteiger partial charge in [0.05, 0.1) is 12.2 Å². The lowest BCUT2D eigenvalue weighted by atomic mass is 10.3. The van der Waals surface area contributed by atoms with Gasteiger partial charge in [0, 0.05) is 26.1 Å². The van der Waals surface area contributed by atoms with E-state index in [0.717, 1.165) is 37.0 Å². The van der Waals surface area contributed by atoms with Crippen LogP contribution in [0.1, 0.15) is 31.2 Å². The van der Waals surface area contributed by atoms with Crippen molar-refractivity contribution in [2.75, 3.05) is 20.1 Å². The van der Waals surface area contributed by atoms with E-state index in [1.165, 1.54) is 0 Å². The first kappa shape index (κ1) is 13.2. The van der Waals surface area contributed by atoms with Crippen LogP contribution in [0.15, 0.2) is 4.42 Å². The van der Waals surface area contributed by atoms with Crippen LogP contribution < -0.4 is 5.32 Å². The lowest BCUT2D eigenvalue weighted by Crippen LogP contribution is -2.32. The lowest BCUT2D eigenvalue weighted by Gasteiger charge is -2.16. The number of aryl methyl sites for hydroxylation is 2. The Balaban J connectivity index is 2.34. The molecule has 0 aliphatic carbocycles. The third kappa shape index (κ3) is 4.33. The summed E-state index contributed by atoms with van der Waals surface area (Å²) >= 11 is 0. The van der Waals surface area contributed by atoms with Crippen molar-refractivity contribution in [2.45, 2.75) is 40.3 Å². The van der Waals surface area contributed by atoms with E-state index in [9.17, 15) is 0 Å². The molecule has 92 valence electrons. The predicted octanol–water partition coefficient (Wildman–Crippen LogP) is 1.72. The second-order valence-electron chi connectivity index (χ2n) is 4.59. The van der Waals surface area contributed by atoms with Crippen LogP contribution in [0.5, 0.6) is 0 Å². The molecule has 0 atom stereocenters. The van der Waals surface area contributed by atoms with Gasteiger partial charge in [-0.15, -0.1) is 0 Å². The molecule has 0 unspecified atom stereocenters. The summed E-state index contributed by atoms with van der Waals surface area (Å²) in [7, 11) is 2.10. The molecule has 0 spiro atoms. The van der Waals surface area contributed by atoms with Crippen LogP contribution in [0, 0.1) is 13.8 Å². The number of hydrogen-bond donors (Lipinski definition) is 1. The highest BCUT2D eigenvalue weighted by atomic mass is 16.4. The number of rotatable bonds is 6. The van der Waals surface area contributed by atoms with E-state index < -0.39 is 0 Å². The summed E-state index contributed by atoms with van der Waals surface area (Å²) in [5.41, 5.74) is 1.00. The highest BCUT2D eigenvalue weighted by Crippen LogP contribution is 2.10. The Morgan fingerprint density at radius 3 is 2.56 bits per heavy atom. The quantitative estimate of drug-likeness (QED) is 0.800. The largest absolute Gasteiger partial charge is 0.444 e. The van der Waals surface area contributed by atoms with Crippen molar-refractivity contribution in [3.05, 3.63) is 17.3 Å². The minimum absolute atomic E-state index is 0.544. The first-order valence-corrected chi connectivity index (χ1v) is 5.84. The van der Waals surface area contributed by atoms with Gasteiger partial charge in [0.1, 0.15) is 5.76 Å². The van der Waals surface area contributed by atoms with Crippen molar-refractivity contribution in [1.82, 2.24) is 15.2 Å². The topological polar surface area (TPSA) is 41.3 Å². The average molecular weight is 225 g/mol. The molecule has 0 radical (unpaired) electrons. The molecular weight excluding hydrogens is 202 g/mol. The number of likely N-dealkylation sites (N-methyl/N-ethyl adjacent to an activating group) is 1. The maximum absolute atomic E-state index is 5.54. The monoisotopic (exact) mass is 225 g/mol. The molecule has 4 heteroatoms. The maximum Gasteiger partial charge on any atom is 0.191 e. The van der Waals surface area contributed by atoms with E-state index in [0.29, 0.717) is 6.04 Å². The van der Waals surface area contributed by atoms with E-state index >= 15 is 0 Å². The average Bonchev–Trinajstić information content (AvgIpc) is 2.44. The van der Waals surface area contributed by atoms with Gasteiger partial charge < -0.3 is 9.73 Å². The molecule has 16 heavy (non-hydrogen) atoms. The highest BCUT2D eigenvalue weighted by molar-refractivity contribution is 5.06. The zero-order valence-electron chi connectivity index (χ0n) is 11.0. The maximum atomic E-state index is 5.54. The molecule has 1 heterocycles. The molecule has 4 nitrogen and oxygen atoms in total. The summed E-state index contributed by atoms with van der Waals surface area (Å²) in [4.78, 5) is 6.50. The predicted molar refractivity (Wildman–Crippen MR) is 65.4 cm³/mol. The molecule has 0 saturated heterocycles. The van der Waals surface area contributed by atoms with Crippen molar-refractivity contribution in [1.29, 1.82) is 0 Å². The normalized spacial score (nSPS) is 11.7. The first-order valence-electron chi connectivity index (χ1n) is 5.84. The summed E-state index contributed by atoms with van der Waals surface area (Å²) in [5.74, 6) is 1.73. The zero-order valence-corrected chi connectivity index (χ0v) is 11.0. The van der Waals surface area contributed by atoms with Gasteiger partial charge in [-0.2, -0.15) is 0 Å². The van der Waals surface area contributed by atoms with E-state index in [4.69, 9.17) is 4.42 Å². The number of nitrogens with one attached hydrogen (secondary N) is 1. The van der Waals surface area contributed by atoms with Crippen LogP contribution in [0.25, 0.3) is 0 Å². The van der Waals surface area contributed by atoms with Crippen LogP contribution >= 0.6 is 0 Å². The van der Waals surface area contributed by atoms with Gasteiger partial charge in [0.2, 0.25) is 0 Å². The van der Waals surface area contributed by atoms with Gasteiger partial charge in [-0.3, -0.25) is 4.90 Å². The summed E-state index contributed by atoms with van der Waals surface area (Å²) in [6, 6.07) is 0.544. The van der Waals surface area contributed by atoms with Crippen LogP contribution in [0.3, 0.4) is 0 Å². The summed E-state index contributed by atoms with van der Waals surface area (Å²) in [6.45, 7) is 11.0. The fourth-order valence-electron chi connectivity index (χ4n) is 1.59. The summed E-state index contributed by atoms with van der Waals surface area (Å²) in [5, 5.41) is 3.39. The van der Waals surface area contributed by atoms with Gasteiger partial charge in [0.25, 0.3) is 0 Å². The van der Waals surface area contributed by atoms with Crippen LogP contribution in [-0.2, 0) is 6.54 Å².